The van der Waals surface area contributed by atoms with E-state index in [9.17, 15) is 5.11 Å². The smallest absolute Gasteiger partial charge is 0.0917 e. The van der Waals surface area contributed by atoms with Gasteiger partial charge in [-0.25, -0.2) is 0 Å². The Hall–Kier alpha value is -2.50. The van der Waals surface area contributed by atoms with E-state index in [-0.39, 0.29) is 30.4 Å². The average Bonchev–Trinajstić information content (AvgIpc) is 2.81. The lowest BCUT2D eigenvalue weighted by Crippen LogP contribution is -2.75. The molecule has 4 heteroatoms. The quantitative estimate of drug-likeness (QED) is 0.721. The minimum Gasteiger partial charge on any atom is -0.396 e. The first kappa shape index (κ1) is 18.3. The molecule has 4 heterocycles. The van der Waals surface area contributed by atoms with Gasteiger partial charge in [0.15, 0.2) is 0 Å². The number of benzene rings is 3. The number of nitrogens with zero attached hydrogens (tertiary/aromatic N) is 3. The monoisotopic (exact) mass is 397 g/mol. The third-order valence-electron chi connectivity index (χ3n) is 7.19. The topological polar surface area (TPSA) is 30.0 Å². The summed E-state index contributed by atoms with van der Waals surface area (Å²) >= 11 is 0. The molecule has 30 heavy (non-hydrogen) atoms. The zero-order valence-corrected chi connectivity index (χ0v) is 17.0. The normalized spacial score (nSPS) is 36.7. The maximum absolute atomic E-state index is 10.7. The molecule has 4 fully saturated rings. The number of hydrogen-bond acceptors (Lipinski definition) is 4. The van der Waals surface area contributed by atoms with Crippen LogP contribution >= 0.6 is 0 Å². The first-order valence-electron chi connectivity index (χ1n) is 10.8. The second kappa shape index (κ2) is 7.03. The van der Waals surface area contributed by atoms with E-state index in [1.807, 2.05) is 0 Å². The summed E-state index contributed by atoms with van der Waals surface area (Å²) in [6, 6.07) is 32.7. The van der Waals surface area contributed by atoms with E-state index >= 15 is 0 Å². The van der Waals surface area contributed by atoms with E-state index < -0.39 is 0 Å². The molecule has 3 aromatic carbocycles. The maximum Gasteiger partial charge on any atom is 0.0917 e. The van der Waals surface area contributed by atoms with Gasteiger partial charge in [-0.1, -0.05) is 91.0 Å². The number of aliphatic hydroxyl groups is 1. The molecule has 4 aliphatic rings. The molecular formula is C26H27N3O. The minimum absolute atomic E-state index is 0.184. The highest BCUT2D eigenvalue weighted by molar-refractivity contribution is 5.32. The summed E-state index contributed by atoms with van der Waals surface area (Å²) in [5.41, 5.74) is 3.79. The first-order chi connectivity index (χ1) is 14.8. The highest BCUT2D eigenvalue weighted by atomic mass is 16.3. The van der Waals surface area contributed by atoms with Gasteiger partial charge >= 0.3 is 0 Å². The molecule has 1 N–H and O–H groups in total. The lowest BCUT2D eigenvalue weighted by molar-refractivity contribution is -0.286. The molecule has 0 aromatic heterocycles. The van der Waals surface area contributed by atoms with Crippen LogP contribution in [0.15, 0.2) is 91.0 Å². The average molecular weight is 398 g/mol. The van der Waals surface area contributed by atoms with E-state index in [0.717, 1.165) is 19.8 Å². The van der Waals surface area contributed by atoms with Crippen LogP contribution in [0.25, 0.3) is 0 Å². The predicted molar refractivity (Wildman–Crippen MR) is 117 cm³/mol. The Bertz CT molecular complexity index is 1010. The third-order valence-corrected chi connectivity index (χ3v) is 7.19. The Labute approximate surface area is 178 Å². The first-order valence-corrected chi connectivity index (χ1v) is 10.8. The summed E-state index contributed by atoms with van der Waals surface area (Å²) in [5, 5.41) is 10.7. The van der Waals surface area contributed by atoms with E-state index in [2.05, 4.69) is 106 Å². The summed E-state index contributed by atoms with van der Waals surface area (Å²) in [5.74, 6) is 0. The molecule has 4 aliphatic heterocycles. The molecule has 4 saturated heterocycles. The van der Waals surface area contributed by atoms with Crippen LogP contribution < -0.4 is 0 Å². The van der Waals surface area contributed by atoms with Crippen molar-refractivity contribution in [1.82, 2.24) is 14.7 Å². The molecule has 0 radical (unpaired) electrons. The van der Waals surface area contributed by atoms with Gasteiger partial charge in [0, 0.05) is 24.5 Å². The van der Waals surface area contributed by atoms with Gasteiger partial charge in [0.05, 0.1) is 25.6 Å². The largest absolute Gasteiger partial charge is 0.396 e. The summed E-state index contributed by atoms with van der Waals surface area (Å²) in [6.07, 6.45) is 0.432. The molecule has 7 rings (SSSR count). The van der Waals surface area contributed by atoms with Crippen LogP contribution in [0, 0.1) is 5.41 Å². The van der Waals surface area contributed by atoms with Gasteiger partial charge in [-0.05, 0) is 16.7 Å². The Morgan fingerprint density at radius 1 is 0.667 bits per heavy atom. The van der Waals surface area contributed by atoms with Crippen molar-refractivity contribution in [2.45, 2.75) is 18.4 Å². The van der Waals surface area contributed by atoms with Crippen molar-refractivity contribution in [2.75, 3.05) is 26.4 Å². The van der Waals surface area contributed by atoms with Crippen molar-refractivity contribution in [3.8, 4) is 0 Å². The van der Waals surface area contributed by atoms with Gasteiger partial charge in [0.25, 0.3) is 0 Å². The van der Waals surface area contributed by atoms with Crippen LogP contribution in [0.1, 0.15) is 35.1 Å². The molecule has 0 amide bonds. The Kier molecular flexibility index (Phi) is 4.29. The Morgan fingerprint density at radius 3 is 1.77 bits per heavy atom. The molecule has 4 bridgehead atoms. The minimum atomic E-state index is -0.184. The van der Waals surface area contributed by atoms with Gasteiger partial charge in [0.1, 0.15) is 0 Å². The van der Waals surface area contributed by atoms with Crippen LogP contribution in [0.4, 0.5) is 0 Å². The standard InChI is InChI=1S/C26H27N3O/c30-18-26-16-27-19-29(23(26)20-10-4-1-5-11-20)25(22-14-8-3-9-15-22)28(17-26)24(27)21-12-6-2-7-13-21/h1-15,23-25,30H,16-19H2. The van der Waals surface area contributed by atoms with Crippen molar-refractivity contribution >= 4 is 0 Å². The highest BCUT2D eigenvalue weighted by Crippen LogP contribution is 2.59. The second-order valence-corrected chi connectivity index (χ2v) is 8.98. The lowest BCUT2D eigenvalue weighted by atomic mass is 9.69. The third kappa shape index (κ3) is 2.62. The van der Waals surface area contributed by atoms with Crippen molar-refractivity contribution < 1.29 is 5.11 Å². The molecular weight excluding hydrogens is 370 g/mol. The maximum atomic E-state index is 10.7. The van der Waals surface area contributed by atoms with Crippen molar-refractivity contribution in [2.24, 2.45) is 5.41 Å². The zero-order valence-electron chi connectivity index (χ0n) is 17.0. The summed E-state index contributed by atoms with van der Waals surface area (Å²) < 4.78 is 0. The fourth-order valence-corrected chi connectivity index (χ4v) is 6.18. The summed E-state index contributed by atoms with van der Waals surface area (Å²) in [4.78, 5) is 7.76. The van der Waals surface area contributed by atoms with Crippen molar-refractivity contribution in [3.63, 3.8) is 0 Å². The molecule has 152 valence electrons. The van der Waals surface area contributed by atoms with Crippen molar-refractivity contribution in [1.29, 1.82) is 0 Å². The SMILES string of the molecule is OCC12CN3CN(C(c4ccccc4)N(C1)C3c1ccccc1)C2c1ccccc1. The van der Waals surface area contributed by atoms with E-state index in [0.29, 0.717) is 0 Å². The van der Waals surface area contributed by atoms with Crippen LogP contribution in [0.2, 0.25) is 0 Å². The highest BCUT2D eigenvalue weighted by Gasteiger charge is 2.62. The molecule has 0 spiro atoms. The summed E-state index contributed by atoms with van der Waals surface area (Å²) in [6.45, 7) is 2.89. The van der Waals surface area contributed by atoms with Crippen LogP contribution in [0.3, 0.4) is 0 Å². The van der Waals surface area contributed by atoms with Gasteiger partial charge < -0.3 is 5.11 Å². The van der Waals surface area contributed by atoms with Crippen LogP contribution in [-0.4, -0.2) is 46.2 Å². The number of aliphatic hydroxyl groups excluding tert-OH is 1. The van der Waals surface area contributed by atoms with E-state index in [1.54, 1.807) is 0 Å². The van der Waals surface area contributed by atoms with Crippen molar-refractivity contribution in [3.05, 3.63) is 108 Å². The molecule has 0 saturated carbocycles. The summed E-state index contributed by atoms with van der Waals surface area (Å²) in [7, 11) is 0. The molecule has 0 aliphatic carbocycles. The fraction of sp³-hybridized carbons (Fsp3) is 0.308. The van der Waals surface area contributed by atoms with Crippen LogP contribution in [0.5, 0.6) is 0 Å². The fourth-order valence-electron chi connectivity index (χ4n) is 6.18. The van der Waals surface area contributed by atoms with Gasteiger partial charge in [0.2, 0.25) is 0 Å². The predicted octanol–water partition coefficient (Wildman–Crippen LogP) is 4.01. The number of rotatable bonds is 4. The Balaban J connectivity index is 1.50. The zero-order chi connectivity index (χ0) is 20.1. The Morgan fingerprint density at radius 2 is 1.20 bits per heavy atom. The second-order valence-electron chi connectivity index (χ2n) is 8.98. The van der Waals surface area contributed by atoms with Gasteiger partial charge in [-0.3, -0.25) is 14.7 Å². The molecule has 7 atom stereocenters. The van der Waals surface area contributed by atoms with Gasteiger partial charge in [-0.2, -0.15) is 0 Å². The van der Waals surface area contributed by atoms with E-state index in [1.165, 1.54) is 16.7 Å². The van der Waals surface area contributed by atoms with Crippen LogP contribution in [-0.2, 0) is 0 Å². The van der Waals surface area contributed by atoms with Gasteiger partial charge in [-0.15, -0.1) is 0 Å². The number of hydrogen-bond donors (Lipinski definition) is 1. The lowest BCUT2D eigenvalue weighted by Gasteiger charge is -2.70. The molecule has 3 aromatic rings. The molecule has 4 nitrogen and oxygen atoms in total. The molecule has 7 unspecified atom stereocenters. The van der Waals surface area contributed by atoms with E-state index in [4.69, 9.17) is 0 Å².